The number of ether oxygens (including phenoxy) is 1. The Morgan fingerprint density at radius 1 is 1.10 bits per heavy atom. The fourth-order valence-electron chi connectivity index (χ4n) is 1.83. The zero-order valence-corrected chi connectivity index (χ0v) is 11.1. The molecule has 0 saturated heterocycles. The van der Waals surface area contributed by atoms with E-state index in [0.29, 0.717) is 5.56 Å². The molecule has 2 rings (SSSR count). The minimum atomic E-state index is -0.886. The van der Waals surface area contributed by atoms with Crippen molar-refractivity contribution >= 4 is 0 Å². The summed E-state index contributed by atoms with van der Waals surface area (Å²) >= 11 is 0. The van der Waals surface area contributed by atoms with Crippen LogP contribution in [0.5, 0.6) is 5.75 Å². The van der Waals surface area contributed by atoms with E-state index < -0.39 is 17.7 Å². The lowest BCUT2D eigenvalue weighted by Gasteiger charge is -2.13. The molecule has 0 spiro atoms. The van der Waals surface area contributed by atoms with Gasteiger partial charge in [-0.1, -0.05) is 31.2 Å². The molecule has 1 N–H and O–H groups in total. The summed E-state index contributed by atoms with van der Waals surface area (Å²) in [4.78, 5) is 0. The lowest BCUT2D eigenvalue weighted by atomic mass is 10.1. The summed E-state index contributed by atoms with van der Waals surface area (Å²) in [5.74, 6) is -1.43. The monoisotopic (exact) mass is 278 g/mol. The molecule has 1 unspecified atom stereocenters. The van der Waals surface area contributed by atoms with Crippen LogP contribution in [0.3, 0.4) is 0 Å². The van der Waals surface area contributed by atoms with Gasteiger partial charge in [0.1, 0.15) is 18.5 Å². The van der Waals surface area contributed by atoms with Gasteiger partial charge in [0.15, 0.2) is 11.6 Å². The van der Waals surface area contributed by atoms with Crippen LogP contribution in [-0.2, 0) is 6.42 Å². The molecule has 0 radical (unpaired) electrons. The highest BCUT2D eigenvalue weighted by Crippen LogP contribution is 2.21. The first-order chi connectivity index (χ1) is 9.60. The summed E-state index contributed by atoms with van der Waals surface area (Å²) in [7, 11) is 0. The van der Waals surface area contributed by atoms with Gasteiger partial charge in [0.2, 0.25) is 0 Å². The molecule has 0 aliphatic rings. The molecular weight excluding hydrogens is 262 g/mol. The Morgan fingerprint density at radius 3 is 2.45 bits per heavy atom. The summed E-state index contributed by atoms with van der Waals surface area (Å²) in [6.45, 7) is 1.91. The van der Waals surface area contributed by atoms with Crippen molar-refractivity contribution in [3.63, 3.8) is 0 Å². The topological polar surface area (TPSA) is 29.5 Å². The van der Waals surface area contributed by atoms with E-state index in [2.05, 4.69) is 0 Å². The first kappa shape index (κ1) is 14.5. The Balaban J connectivity index is 2.00. The van der Waals surface area contributed by atoms with Crippen molar-refractivity contribution in [1.82, 2.24) is 0 Å². The van der Waals surface area contributed by atoms with Gasteiger partial charge in [0.25, 0.3) is 0 Å². The summed E-state index contributed by atoms with van der Waals surface area (Å²) in [6.07, 6.45) is 0.0325. The molecule has 106 valence electrons. The van der Waals surface area contributed by atoms with Crippen LogP contribution in [0.2, 0.25) is 0 Å². The van der Waals surface area contributed by atoms with Gasteiger partial charge in [-0.2, -0.15) is 0 Å². The highest BCUT2D eigenvalue weighted by molar-refractivity contribution is 5.26. The predicted molar refractivity (Wildman–Crippen MR) is 72.6 cm³/mol. The normalized spacial score (nSPS) is 12.2. The molecular formula is C16H16F2O2. The average molecular weight is 278 g/mol. The number of benzene rings is 2. The van der Waals surface area contributed by atoms with Crippen molar-refractivity contribution in [3.8, 4) is 5.75 Å². The number of hydrogen-bond acceptors (Lipinski definition) is 2. The lowest BCUT2D eigenvalue weighted by Crippen LogP contribution is -2.10. The third kappa shape index (κ3) is 3.54. The Bertz CT molecular complexity index is 567. The van der Waals surface area contributed by atoms with Gasteiger partial charge < -0.3 is 9.84 Å². The second-order valence-electron chi connectivity index (χ2n) is 4.50. The molecule has 2 aromatic rings. The molecule has 0 aliphatic carbocycles. The van der Waals surface area contributed by atoms with E-state index in [-0.39, 0.29) is 12.4 Å². The van der Waals surface area contributed by atoms with Crippen LogP contribution in [-0.4, -0.2) is 11.7 Å². The van der Waals surface area contributed by atoms with E-state index in [0.717, 1.165) is 30.2 Å². The maximum Gasteiger partial charge on any atom is 0.165 e. The van der Waals surface area contributed by atoms with E-state index in [1.165, 1.54) is 0 Å². The Kier molecular flexibility index (Phi) is 4.69. The highest BCUT2D eigenvalue weighted by atomic mass is 19.1. The summed E-state index contributed by atoms with van der Waals surface area (Å²) in [5, 5.41) is 9.96. The standard InChI is InChI=1S/C16H16F2O2/c1-2-11-3-5-12(6-4-11)15(19)10-20-16-9-13(17)7-8-14(16)18/h3-9,15,19H,2,10H2,1H3. The minimum Gasteiger partial charge on any atom is -0.487 e. The number of aliphatic hydroxyl groups excluding tert-OH is 1. The molecule has 0 amide bonds. The van der Waals surface area contributed by atoms with Gasteiger partial charge in [-0.25, -0.2) is 8.78 Å². The van der Waals surface area contributed by atoms with Gasteiger partial charge in [0, 0.05) is 6.07 Å². The smallest absolute Gasteiger partial charge is 0.165 e. The van der Waals surface area contributed by atoms with E-state index in [1.54, 1.807) is 12.1 Å². The van der Waals surface area contributed by atoms with Crippen LogP contribution in [0.1, 0.15) is 24.2 Å². The molecule has 20 heavy (non-hydrogen) atoms. The van der Waals surface area contributed by atoms with Crippen LogP contribution < -0.4 is 4.74 Å². The van der Waals surface area contributed by atoms with Gasteiger partial charge >= 0.3 is 0 Å². The van der Waals surface area contributed by atoms with E-state index >= 15 is 0 Å². The molecule has 0 aromatic heterocycles. The maximum atomic E-state index is 13.3. The molecule has 0 aliphatic heterocycles. The quantitative estimate of drug-likeness (QED) is 0.904. The molecule has 1 atom stereocenters. The summed E-state index contributed by atoms with van der Waals surface area (Å²) in [5.41, 5.74) is 1.84. The SMILES string of the molecule is CCc1ccc(C(O)COc2cc(F)ccc2F)cc1. The maximum absolute atomic E-state index is 13.3. The van der Waals surface area contributed by atoms with Crippen LogP contribution in [0, 0.1) is 11.6 Å². The van der Waals surface area contributed by atoms with Crippen molar-refractivity contribution in [2.45, 2.75) is 19.4 Å². The van der Waals surface area contributed by atoms with Crippen molar-refractivity contribution in [1.29, 1.82) is 0 Å². The van der Waals surface area contributed by atoms with E-state index in [9.17, 15) is 13.9 Å². The number of rotatable bonds is 5. The summed E-state index contributed by atoms with van der Waals surface area (Å²) < 4.78 is 31.4. The summed E-state index contributed by atoms with van der Waals surface area (Å²) in [6, 6.07) is 10.4. The molecule has 4 heteroatoms. The lowest BCUT2D eigenvalue weighted by molar-refractivity contribution is 0.105. The van der Waals surface area contributed by atoms with Crippen molar-refractivity contribution in [2.75, 3.05) is 6.61 Å². The molecule has 0 heterocycles. The van der Waals surface area contributed by atoms with Crippen LogP contribution in [0.15, 0.2) is 42.5 Å². The first-order valence-electron chi connectivity index (χ1n) is 6.45. The van der Waals surface area contributed by atoms with Gasteiger partial charge in [-0.3, -0.25) is 0 Å². The minimum absolute atomic E-state index is 0.133. The number of aliphatic hydroxyl groups is 1. The predicted octanol–water partition coefficient (Wildman–Crippen LogP) is 3.64. The fraction of sp³-hybridized carbons (Fsp3) is 0.250. The third-order valence-electron chi connectivity index (χ3n) is 3.06. The Labute approximate surface area is 116 Å². The highest BCUT2D eigenvalue weighted by Gasteiger charge is 2.11. The van der Waals surface area contributed by atoms with Crippen LogP contribution in [0.25, 0.3) is 0 Å². The zero-order valence-electron chi connectivity index (χ0n) is 11.1. The average Bonchev–Trinajstić information content (AvgIpc) is 2.48. The Morgan fingerprint density at radius 2 is 1.80 bits per heavy atom. The van der Waals surface area contributed by atoms with Crippen LogP contribution in [0.4, 0.5) is 8.78 Å². The third-order valence-corrected chi connectivity index (χ3v) is 3.06. The van der Waals surface area contributed by atoms with Crippen molar-refractivity contribution in [2.24, 2.45) is 0 Å². The Hall–Kier alpha value is -1.94. The number of aryl methyl sites for hydroxylation is 1. The van der Waals surface area contributed by atoms with Gasteiger partial charge in [0.05, 0.1) is 0 Å². The van der Waals surface area contributed by atoms with Gasteiger partial charge in [-0.05, 0) is 29.7 Å². The molecule has 0 bridgehead atoms. The second-order valence-corrected chi connectivity index (χ2v) is 4.50. The largest absolute Gasteiger partial charge is 0.487 e. The van der Waals surface area contributed by atoms with E-state index in [1.807, 2.05) is 19.1 Å². The van der Waals surface area contributed by atoms with Crippen LogP contribution >= 0.6 is 0 Å². The number of hydrogen-bond donors (Lipinski definition) is 1. The fourth-order valence-corrected chi connectivity index (χ4v) is 1.83. The first-order valence-corrected chi connectivity index (χ1v) is 6.45. The molecule has 0 fully saturated rings. The van der Waals surface area contributed by atoms with E-state index in [4.69, 9.17) is 4.74 Å². The molecule has 2 aromatic carbocycles. The van der Waals surface area contributed by atoms with Crippen molar-refractivity contribution < 1.29 is 18.6 Å². The molecule has 0 saturated carbocycles. The van der Waals surface area contributed by atoms with Gasteiger partial charge in [-0.15, -0.1) is 0 Å². The van der Waals surface area contributed by atoms with Crippen molar-refractivity contribution in [3.05, 3.63) is 65.2 Å². The molecule has 2 nitrogen and oxygen atoms in total. The number of halogens is 2. The second kappa shape index (κ2) is 6.48. The zero-order chi connectivity index (χ0) is 14.5.